The van der Waals surface area contributed by atoms with Crippen LogP contribution in [0.4, 0.5) is 10.3 Å². The molecule has 1 atom stereocenters. The maximum absolute atomic E-state index is 13.1. The van der Waals surface area contributed by atoms with Gasteiger partial charge in [0, 0.05) is 5.70 Å². The second-order valence-electron chi connectivity index (χ2n) is 5.51. The smallest absolute Gasteiger partial charge is 0.248 e. The first-order valence-corrected chi connectivity index (χ1v) is 7.30. The van der Waals surface area contributed by atoms with Gasteiger partial charge in [0.2, 0.25) is 5.95 Å². The topological polar surface area (TPSA) is 55.6 Å². The predicted octanol–water partition coefficient (Wildman–Crippen LogP) is 3.18. The summed E-state index contributed by atoms with van der Waals surface area (Å²) < 4.78 is 14.9. The molecule has 3 aromatic rings. The van der Waals surface area contributed by atoms with Crippen LogP contribution in [0.2, 0.25) is 0 Å². The van der Waals surface area contributed by atoms with Crippen LogP contribution in [-0.4, -0.2) is 20.2 Å². The number of halogens is 1. The average molecular weight is 307 g/mol. The highest BCUT2D eigenvalue weighted by Crippen LogP contribution is 2.31. The first-order valence-electron chi connectivity index (χ1n) is 7.30. The summed E-state index contributed by atoms with van der Waals surface area (Å²) in [6.45, 7) is 2.05. The van der Waals surface area contributed by atoms with Crippen LogP contribution in [0.3, 0.4) is 0 Å². The molecule has 0 bridgehead atoms. The number of hydrogen-bond donors (Lipinski definition) is 1. The molecule has 0 amide bonds. The van der Waals surface area contributed by atoms with Gasteiger partial charge in [-0.15, -0.1) is 0 Å². The minimum absolute atomic E-state index is 0.109. The fourth-order valence-corrected chi connectivity index (χ4v) is 2.65. The molecule has 0 aliphatic carbocycles. The Hall–Kier alpha value is -3.02. The molecule has 114 valence electrons. The second-order valence-corrected chi connectivity index (χ2v) is 5.51. The van der Waals surface area contributed by atoms with Gasteiger partial charge in [0.05, 0.1) is 0 Å². The van der Waals surface area contributed by atoms with Gasteiger partial charge < -0.3 is 5.32 Å². The third kappa shape index (κ3) is 2.48. The SMILES string of the molecule is Cc1ccc([C@H]2C=C(c3ccc(F)cc3)Nc3nnnn32)cc1. The number of aromatic nitrogens is 4. The Labute approximate surface area is 132 Å². The molecule has 4 rings (SSSR count). The van der Waals surface area contributed by atoms with Gasteiger partial charge in [-0.05, 0) is 58.8 Å². The molecular formula is C17H14FN5. The van der Waals surface area contributed by atoms with Gasteiger partial charge in [-0.3, -0.25) is 0 Å². The van der Waals surface area contributed by atoms with Crippen LogP contribution in [0.25, 0.3) is 5.70 Å². The van der Waals surface area contributed by atoms with Crippen LogP contribution in [0.15, 0.2) is 54.6 Å². The number of aryl methyl sites for hydroxylation is 1. The normalized spacial score (nSPS) is 16.4. The van der Waals surface area contributed by atoms with Gasteiger partial charge in [0.15, 0.2) is 0 Å². The third-order valence-electron chi connectivity index (χ3n) is 3.90. The maximum Gasteiger partial charge on any atom is 0.248 e. The molecule has 2 heterocycles. The largest absolute Gasteiger partial charge is 0.323 e. The zero-order valence-electron chi connectivity index (χ0n) is 12.4. The maximum atomic E-state index is 13.1. The number of fused-ring (bicyclic) bond motifs is 1. The number of allylic oxidation sites excluding steroid dienone is 1. The molecule has 0 radical (unpaired) electrons. The van der Waals surface area contributed by atoms with Crippen LogP contribution < -0.4 is 5.32 Å². The predicted molar refractivity (Wildman–Crippen MR) is 85.1 cm³/mol. The van der Waals surface area contributed by atoms with E-state index in [0.717, 1.165) is 16.8 Å². The fourth-order valence-electron chi connectivity index (χ4n) is 2.65. The van der Waals surface area contributed by atoms with Crippen molar-refractivity contribution in [1.82, 2.24) is 20.2 Å². The van der Waals surface area contributed by atoms with Crippen molar-refractivity contribution in [2.75, 3.05) is 5.32 Å². The summed E-state index contributed by atoms with van der Waals surface area (Å²) in [7, 11) is 0. The minimum atomic E-state index is -0.259. The lowest BCUT2D eigenvalue weighted by Gasteiger charge is -2.23. The quantitative estimate of drug-likeness (QED) is 0.790. The van der Waals surface area contributed by atoms with Crippen molar-refractivity contribution in [2.24, 2.45) is 0 Å². The van der Waals surface area contributed by atoms with E-state index in [1.165, 1.54) is 17.7 Å². The lowest BCUT2D eigenvalue weighted by Crippen LogP contribution is -2.20. The molecule has 1 aliphatic heterocycles. The van der Waals surface area contributed by atoms with Gasteiger partial charge in [0.25, 0.3) is 0 Å². The Balaban J connectivity index is 1.79. The van der Waals surface area contributed by atoms with E-state index in [9.17, 15) is 4.39 Å². The molecular weight excluding hydrogens is 293 g/mol. The van der Waals surface area contributed by atoms with Crippen molar-refractivity contribution in [1.29, 1.82) is 0 Å². The number of nitrogens with zero attached hydrogens (tertiary/aromatic N) is 4. The van der Waals surface area contributed by atoms with Crippen molar-refractivity contribution in [3.8, 4) is 0 Å². The van der Waals surface area contributed by atoms with E-state index in [2.05, 4.69) is 52.0 Å². The van der Waals surface area contributed by atoms with E-state index in [4.69, 9.17) is 0 Å². The van der Waals surface area contributed by atoms with Crippen molar-refractivity contribution in [2.45, 2.75) is 13.0 Å². The Kier molecular flexibility index (Phi) is 3.15. The van der Waals surface area contributed by atoms with E-state index in [-0.39, 0.29) is 11.9 Å². The summed E-state index contributed by atoms with van der Waals surface area (Å²) in [5.41, 5.74) is 4.03. The number of benzene rings is 2. The molecule has 0 unspecified atom stereocenters. The highest BCUT2D eigenvalue weighted by atomic mass is 19.1. The van der Waals surface area contributed by atoms with Crippen LogP contribution >= 0.6 is 0 Å². The van der Waals surface area contributed by atoms with E-state index in [0.29, 0.717) is 5.95 Å². The molecule has 0 saturated carbocycles. The summed E-state index contributed by atoms with van der Waals surface area (Å²) in [5, 5.41) is 15.0. The zero-order valence-corrected chi connectivity index (χ0v) is 12.4. The van der Waals surface area contributed by atoms with Crippen molar-refractivity contribution in [3.63, 3.8) is 0 Å². The molecule has 1 aliphatic rings. The first kappa shape index (κ1) is 13.6. The van der Waals surface area contributed by atoms with Gasteiger partial charge in [0.1, 0.15) is 11.9 Å². The first-order chi connectivity index (χ1) is 11.2. The Morgan fingerprint density at radius 1 is 1.04 bits per heavy atom. The number of nitrogens with one attached hydrogen (secondary N) is 1. The van der Waals surface area contributed by atoms with Gasteiger partial charge in [-0.2, -0.15) is 4.68 Å². The van der Waals surface area contributed by atoms with Crippen LogP contribution in [0, 0.1) is 12.7 Å². The molecule has 1 N–H and O–H groups in total. The van der Waals surface area contributed by atoms with Crippen LogP contribution in [0.1, 0.15) is 22.7 Å². The molecule has 2 aromatic carbocycles. The number of rotatable bonds is 2. The molecule has 1 aromatic heterocycles. The number of hydrogen-bond acceptors (Lipinski definition) is 4. The Morgan fingerprint density at radius 3 is 2.52 bits per heavy atom. The van der Waals surface area contributed by atoms with Crippen molar-refractivity contribution in [3.05, 3.63) is 77.1 Å². The van der Waals surface area contributed by atoms with Gasteiger partial charge >= 0.3 is 0 Å². The Morgan fingerprint density at radius 2 is 1.78 bits per heavy atom. The minimum Gasteiger partial charge on any atom is -0.323 e. The summed E-state index contributed by atoms with van der Waals surface area (Å²) in [4.78, 5) is 0. The molecule has 0 fully saturated rings. The third-order valence-corrected chi connectivity index (χ3v) is 3.90. The van der Waals surface area contributed by atoms with E-state index in [1.807, 2.05) is 6.08 Å². The summed E-state index contributed by atoms with van der Waals surface area (Å²) >= 11 is 0. The number of anilines is 1. The van der Waals surface area contributed by atoms with Crippen LogP contribution in [0.5, 0.6) is 0 Å². The zero-order chi connectivity index (χ0) is 15.8. The van der Waals surface area contributed by atoms with Crippen LogP contribution in [-0.2, 0) is 0 Å². The highest BCUT2D eigenvalue weighted by Gasteiger charge is 2.24. The average Bonchev–Trinajstić information content (AvgIpc) is 3.04. The number of tetrazole rings is 1. The highest BCUT2D eigenvalue weighted by molar-refractivity contribution is 5.76. The Bertz CT molecular complexity index is 865. The van der Waals surface area contributed by atoms with E-state index < -0.39 is 0 Å². The molecule has 0 saturated heterocycles. The molecule has 23 heavy (non-hydrogen) atoms. The second kappa shape index (κ2) is 5.31. The summed E-state index contributed by atoms with van der Waals surface area (Å²) in [5.74, 6) is 0.308. The van der Waals surface area contributed by atoms with Gasteiger partial charge in [-0.1, -0.05) is 34.9 Å². The monoisotopic (exact) mass is 307 g/mol. The summed E-state index contributed by atoms with van der Waals surface area (Å²) in [6, 6.07) is 14.5. The molecule has 0 spiro atoms. The lowest BCUT2D eigenvalue weighted by atomic mass is 10.0. The van der Waals surface area contributed by atoms with Gasteiger partial charge in [-0.25, -0.2) is 4.39 Å². The van der Waals surface area contributed by atoms with Crippen molar-refractivity contribution < 1.29 is 4.39 Å². The standard InChI is InChI=1S/C17H14FN5/c1-11-2-4-13(5-3-11)16-10-15(12-6-8-14(18)9-7-12)19-17-20-21-22-23(16)17/h2-10,16H,1H3,(H,19,20,22)/t16-/m1/s1. The summed E-state index contributed by atoms with van der Waals surface area (Å²) in [6.07, 6.45) is 2.04. The fraction of sp³-hybridized carbons (Fsp3) is 0.118. The molecule has 6 heteroatoms. The van der Waals surface area contributed by atoms with E-state index in [1.54, 1.807) is 16.8 Å². The van der Waals surface area contributed by atoms with Crippen molar-refractivity contribution >= 4 is 11.6 Å². The van der Waals surface area contributed by atoms with E-state index >= 15 is 0 Å². The lowest BCUT2D eigenvalue weighted by molar-refractivity contribution is 0.585. The molecule has 5 nitrogen and oxygen atoms in total.